The third-order valence-electron chi connectivity index (χ3n) is 18.4. The Morgan fingerprint density at radius 2 is 1.43 bits per heavy atom. The zero-order valence-electron chi connectivity index (χ0n) is 32.7. The van der Waals surface area contributed by atoms with E-state index in [9.17, 15) is 0 Å². The Balaban J connectivity index is 0.939. The van der Waals surface area contributed by atoms with Crippen molar-refractivity contribution in [3.63, 3.8) is 0 Å². The van der Waals surface area contributed by atoms with Gasteiger partial charge in [-0.15, -0.1) is 0 Å². The first-order valence-electron chi connectivity index (χ1n) is 23.6. The molecular weight excluding hydrogens is 649 g/mol. The topological polar surface area (TPSA) is 24.9 Å². The van der Waals surface area contributed by atoms with Crippen LogP contribution in [0, 0.1) is 35.0 Å². The van der Waals surface area contributed by atoms with Gasteiger partial charge in [0.1, 0.15) is 0 Å². The highest BCUT2D eigenvalue weighted by Crippen LogP contribution is 2.67. The summed E-state index contributed by atoms with van der Waals surface area (Å²) in [4.78, 5) is 6.22. The Morgan fingerprint density at radius 3 is 2.42 bits per heavy atom. The van der Waals surface area contributed by atoms with Gasteiger partial charge in [0.05, 0.1) is 24.4 Å². The highest BCUT2D eigenvalue weighted by molar-refractivity contribution is 5.45. The third-order valence-corrected chi connectivity index (χ3v) is 18.4. The highest BCUT2D eigenvalue weighted by atomic mass is 16.5. The molecule has 4 aliphatic heterocycles. The fourth-order valence-corrected chi connectivity index (χ4v) is 16.8. The van der Waals surface area contributed by atoms with E-state index in [-0.39, 0.29) is 11.5 Å². The van der Waals surface area contributed by atoms with Crippen molar-refractivity contribution < 1.29 is 9.47 Å². The first kappa shape index (κ1) is 33.5. The minimum absolute atomic E-state index is 0.167. The molecule has 0 bridgehead atoms. The maximum Gasteiger partial charge on any atom is 0.0817 e. The van der Waals surface area contributed by atoms with Crippen molar-refractivity contribution in [3.05, 3.63) is 58.9 Å². The summed E-state index contributed by atoms with van der Waals surface area (Å²) in [6, 6.07) is 3.60. The molecule has 0 aromatic carbocycles. The lowest BCUT2D eigenvalue weighted by atomic mass is 9.46. The van der Waals surface area contributed by atoms with Gasteiger partial charge in [0.2, 0.25) is 0 Å². The fraction of sp³-hybridized carbons (Fsp3) is 0.796. The molecule has 286 valence electrons. The Hall–Kier alpha value is -1.62. The molecule has 4 saturated carbocycles. The van der Waals surface area contributed by atoms with Crippen molar-refractivity contribution >= 4 is 0 Å². The second kappa shape index (κ2) is 13.2. The summed E-state index contributed by atoms with van der Waals surface area (Å²) in [5, 5.41) is 0. The lowest BCUT2D eigenvalue weighted by molar-refractivity contribution is -0.199. The molecule has 3 saturated heterocycles. The Labute approximate surface area is 320 Å². The normalized spacial score (nSPS) is 50.2. The van der Waals surface area contributed by atoms with Crippen LogP contribution in [-0.4, -0.2) is 64.4 Å². The minimum Gasteiger partial charge on any atom is -0.370 e. The van der Waals surface area contributed by atoms with Gasteiger partial charge in [-0.25, -0.2) is 0 Å². The van der Waals surface area contributed by atoms with Gasteiger partial charge in [-0.2, -0.15) is 0 Å². The SMILES string of the molecule is C1=CC2=C(CC1)C1CCCCC1N2C1CC=C2C(C1)OC1CC(N3C4CCC=CC4C4CCCCC43)CCC1C21C2=CCCCC2OC2CCCCC21. The zero-order valence-corrected chi connectivity index (χ0v) is 32.7. The standard InChI is InChI=1S/C49H68N2O2/c1-7-19-41-33(13-1)34-14-2-8-20-42(34)50(41)31-25-27-39-47(29-31)53-48-30-32(51-43-21-9-3-15-35(43)36-16-4-10-22-44(36)51)26-28-40(48)49(39)37-17-5-11-23-45(37)52-46-24-12-6-18-38(46)49/h1,9,13,17,21,28,31-34,36,38-39,41-42,44-48H,2-8,10-12,14-16,18-20,22-27,29-30H2. The molecule has 0 aromatic heterocycles. The molecule has 4 heterocycles. The summed E-state index contributed by atoms with van der Waals surface area (Å²) in [6.07, 6.45) is 49.7. The summed E-state index contributed by atoms with van der Waals surface area (Å²) in [5.74, 6) is 3.78. The molecule has 0 N–H and O–H groups in total. The molecule has 12 aliphatic rings. The molecule has 0 radical (unpaired) electrons. The Bertz CT molecular complexity index is 1600. The molecule has 0 aromatic rings. The third kappa shape index (κ3) is 4.95. The average molecular weight is 717 g/mol. The maximum atomic E-state index is 7.87. The fourth-order valence-electron chi connectivity index (χ4n) is 16.8. The van der Waals surface area contributed by atoms with E-state index >= 15 is 0 Å². The van der Waals surface area contributed by atoms with Gasteiger partial charge in [-0.1, -0.05) is 68.9 Å². The number of fused-ring (bicyclic) bond motifs is 13. The molecule has 53 heavy (non-hydrogen) atoms. The van der Waals surface area contributed by atoms with Crippen molar-refractivity contribution in [2.75, 3.05) is 0 Å². The van der Waals surface area contributed by atoms with Crippen LogP contribution in [0.15, 0.2) is 58.9 Å². The number of allylic oxidation sites excluding steroid dienone is 4. The van der Waals surface area contributed by atoms with Crippen molar-refractivity contribution in [2.45, 2.75) is 209 Å². The molecule has 12 rings (SSSR count). The Morgan fingerprint density at radius 1 is 0.604 bits per heavy atom. The van der Waals surface area contributed by atoms with Crippen LogP contribution >= 0.6 is 0 Å². The van der Waals surface area contributed by atoms with Gasteiger partial charge >= 0.3 is 0 Å². The van der Waals surface area contributed by atoms with E-state index < -0.39 is 0 Å². The van der Waals surface area contributed by atoms with E-state index in [1.165, 1.54) is 154 Å². The molecule has 7 fully saturated rings. The van der Waals surface area contributed by atoms with Gasteiger partial charge in [0.15, 0.2) is 0 Å². The number of likely N-dealkylation sites (tertiary alicyclic amines) is 1. The van der Waals surface area contributed by atoms with Gasteiger partial charge in [-0.3, -0.25) is 4.90 Å². The van der Waals surface area contributed by atoms with Crippen LogP contribution in [0.1, 0.15) is 154 Å². The van der Waals surface area contributed by atoms with Crippen molar-refractivity contribution in [3.8, 4) is 0 Å². The van der Waals surface area contributed by atoms with Crippen LogP contribution in [0.2, 0.25) is 0 Å². The minimum atomic E-state index is 0.167. The van der Waals surface area contributed by atoms with Crippen molar-refractivity contribution in [1.82, 2.24) is 9.80 Å². The average Bonchev–Trinajstić information content (AvgIpc) is 3.73. The molecule has 1 spiro atoms. The maximum absolute atomic E-state index is 7.87. The molecular formula is C49H68N2O2. The van der Waals surface area contributed by atoms with Crippen LogP contribution in [0.5, 0.6) is 0 Å². The lowest BCUT2D eigenvalue weighted by Gasteiger charge is -2.66. The van der Waals surface area contributed by atoms with Crippen LogP contribution in [0.3, 0.4) is 0 Å². The van der Waals surface area contributed by atoms with Crippen LogP contribution in [0.25, 0.3) is 0 Å². The van der Waals surface area contributed by atoms with Gasteiger partial charge in [-0.05, 0) is 162 Å². The zero-order chi connectivity index (χ0) is 34.7. The van der Waals surface area contributed by atoms with E-state index in [0.717, 1.165) is 35.9 Å². The van der Waals surface area contributed by atoms with E-state index in [1.54, 1.807) is 16.8 Å². The first-order valence-corrected chi connectivity index (χ1v) is 23.6. The van der Waals surface area contributed by atoms with Crippen LogP contribution in [-0.2, 0) is 9.47 Å². The second-order valence-corrected chi connectivity index (χ2v) is 20.4. The molecule has 0 amide bonds. The van der Waals surface area contributed by atoms with Gasteiger partial charge in [0.25, 0.3) is 0 Å². The summed E-state index contributed by atoms with van der Waals surface area (Å²) in [6.45, 7) is 0. The monoisotopic (exact) mass is 717 g/mol. The van der Waals surface area contributed by atoms with E-state index in [1.807, 2.05) is 5.57 Å². The number of hydrogen-bond donors (Lipinski definition) is 0. The summed E-state index contributed by atoms with van der Waals surface area (Å²) < 4.78 is 15.1. The lowest BCUT2D eigenvalue weighted by Crippen LogP contribution is -2.66. The molecule has 4 nitrogen and oxygen atoms in total. The smallest absolute Gasteiger partial charge is 0.0817 e. The van der Waals surface area contributed by atoms with Crippen molar-refractivity contribution in [1.29, 1.82) is 0 Å². The van der Waals surface area contributed by atoms with Gasteiger partial charge in [0, 0.05) is 47.2 Å². The number of ether oxygens (including phenoxy) is 2. The summed E-state index contributed by atoms with van der Waals surface area (Å²) in [5.41, 5.74) is 7.18. The predicted molar refractivity (Wildman–Crippen MR) is 212 cm³/mol. The van der Waals surface area contributed by atoms with E-state index in [4.69, 9.17) is 9.47 Å². The number of nitrogens with zero attached hydrogens (tertiary/aromatic N) is 2. The van der Waals surface area contributed by atoms with E-state index in [2.05, 4.69) is 46.3 Å². The van der Waals surface area contributed by atoms with Crippen LogP contribution in [0.4, 0.5) is 0 Å². The summed E-state index contributed by atoms with van der Waals surface area (Å²) >= 11 is 0. The van der Waals surface area contributed by atoms with Gasteiger partial charge < -0.3 is 14.4 Å². The largest absolute Gasteiger partial charge is 0.370 e. The van der Waals surface area contributed by atoms with Crippen LogP contribution < -0.4 is 0 Å². The van der Waals surface area contributed by atoms with E-state index in [0.29, 0.717) is 42.2 Å². The first-order chi connectivity index (χ1) is 26.3. The predicted octanol–water partition coefficient (Wildman–Crippen LogP) is 10.8. The highest BCUT2D eigenvalue weighted by Gasteiger charge is 2.66. The molecule has 8 aliphatic carbocycles. The second-order valence-electron chi connectivity index (χ2n) is 20.4. The molecule has 15 unspecified atom stereocenters. The molecule has 15 atom stereocenters. The van der Waals surface area contributed by atoms with Crippen molar-refractivity contribution in [2.24, 2.45) is 35.0 Å². The number of hydrogen-bond acceptors (Lipinski definition) is 4. The Kier molecular flexibility index (Phi) is 8.36. The number of rotatable bonds is 2. The quantitative estimate of drug-likeness (QED) is 0.266. The molecule has 4 heteroatoms. The summed E-state index contributed by atoms with van der Waals surface area (Å²) in [7, 11) is 0.